The van der Waals surface area contributed by atoms with Crippen LogP contribution in [0.2, 0.25) is 0 Å². The second-order valence-electron chi connectivity index (χ2n) is 11.4. The topological polar surface area (TPSA) is 83.7 Å². The molecule has 3 heterocycles. The van der Waals surface area contributed by atoms with Gasteiger partial charge >= 0.3 is 5.97 Å². The summed E-state index contributed by atoms with van der Waals surface area (Å²) in [5.41, 5.74) is 0.974. The van der Waals surface area contributed by atoms with Gasteiger partial charge in [0.05, 0.1) is 42.3 Å². The van der Waals surface area contributed by atoms with Gasteiger partial charge < -0.3 is 14.6 Å². The highest BCUT2D eigenvalue weighted by Crippen LogP contribution is 2.44. The van der Waals surface area contributed by atoms with Crippen molar-refractivity contribution in [2.45, 2.75) is 89.9 Å². The van der Waals surface area contributed by atoms with Crippen molar-refractivity contribution in [3.8, 4) is 5.75 Å². The molecule has 3 aliphatic heterocycles. The zero-order valence-electron chi connectivity index (χ0n) is 24.2. The number of rotatable bonds is 11. The molecule has 5 atom stereocenters. The number of unbranched alkanes of at least 4 members (excludes halogenated alkanes) is 2. The van der Waals surface area contributed by atoms with Crippen LogP contribution in [0.15, 0.2) is 28.2 Å². The Hall–Kier alpha value is -1.20. The van der Waals surface area contributed by atoms with Gasteiger partial charge in [-0.15, -0.1) is 35.3 Å². The SMILES string of the molecule is C.CCCCCc1cccc(OC)c1C1=NC(C2SCC(C(O)C(C)(C)C3=NC(C)(C(=O)OC)CS3)N2C)CS1. The smallest absolute Gasteiger partial charge is 0.334 e. The Morgan fingerprint density at radius 2 is 2.00 bits per heavy atom. The molecule has 1 aromatic rings. The predicted octanol–water partition coefficient (Wildman–Crippen LogP) is 5.76. The zero-order valence-corrected chi connectivity index (χ0v) is 26.7. The van der Waals surface area contributed by atoms with Crippen molar-refractivity contribution in [3.05, 3.63) is 29.3 Å². The Balaban J connectivity index is 0.00000441. The number of methoxy groups -OCH3 is 2. The molecule has 0 saturated carbocycles. The maximum atomic E-state index is 12.3. The number of aryl methyl sites for hydroxylation is 1. The normalized spacial score (nSPS) is 27.6. The molecule has 0 amide bonds. The van der Waals surface area contributed by atoms with Gasteiger partial charge in [-0.05, 0) is 38.4 Å². The Bertz CT molecular complexity index is 1110. The summed E-state index contributed by atoms with van der Waals surface area (Å²) in [5, 5.41) is 13.7. The number of aliphatic imine (C=N–C) groups is 2. The summed E-state index contributed by atoms with van der Waals surface area (Å²) < 4.78 is 10.8. The molecule has 4 rings (SSSR count). The average molecular weight is 610 g/mol. The molecule has 0 spiro atoms. The number of hydrogen-bond acceptors (Lipinski definition) is 10. The van der Waals surface area contributed by atoms with Gasteiger partial charge in [-0.2, -0.15) is 0 Å². The van der Waals surface area contributed by atoms with Crippen molar-refractivity contribution in [3.63, 3.8) is 0 Å². The molecule has 1 saturated heterocycles. The molecule has 0 radical (unpaired) electrons. The van der Waals surface area contributed by atoms with Crippen molar-refractivity contribution >= 4 is 51.3 Å². The third kappa shape index (κ3) is 6.56. The summed E-state index contributed by atoms with van der Waals surface area (Å²) in [6.45, 7) is 8.09. The molecule has 5 unspecified atom stereocenters. The van der Waals surface area contributed by atoms with Gasteiger partial charge in [0.2, 0.25) is 0 Å². The van der Waals surface area contributed by atoms with E-state index in [4.69, 9.17) is 19.5 Å². The van der Waals surface area contributed by atoms with Crippen LogP contribution in [0.1, 0.15) is 65.5 Å². The van der Waals surface area contributed by atoms with E-state index in [1.165, 1.54) is 25.5 Å². The number of nitrogens with zero attached hydrogens (tertiary/aromatic N) is 3. The number of hydrogen-bond donors (Lipinski definition) is 1. The highest BCUT2D eigenvalue weighted by molar-refractivity contribution is 8.15. The van der Waals surface area contributed by atoms with Crippen LogP contribution in [0.3, 0.4) is 0 Å². The van der Waals surface area contributed by atoms with E-state index in [1.54, 1.807) is 25.8 Å². The second kappa shape index (κ2) is 13.8. The van der Waals surface area contributed by atoms with Crippen LogP contribution < -0.4 is 4.74 Å². The van der Waals surface area contributed by atoms with Gasteiger partial charge in [0.1, 0.15) is 10.8 Å². The van der Waals surface area contributed by atoms with Crippen LogP contribution in [-0.4, -0.2) is 93.7 Å². The molecular formula is C30H47N3O4S3. The fourth-order valence-corrected chi connectivity index (χ4v) is 9.75. The number of likely N-dealkylation sites (N-methyl/N-ethyl adjacent to an activating group) is 1. The largest absolute Gasteiger partial charge is 0.496 e. The number of thioether (sulfide) groups is 3. The van der Waals surface area contributed by atoms with Crippen LogP contribution in [0.5, 0.6) is 5.75 Å². The number of esters is 1. The van der Waals surface area contributed by atoms with Gasteiger partial charge in [0, 0.05) is 28.7 Å². The van der Waals surface area contributed by atoms with E-state index in [2.05, 4.69) is 31.0 Å². The van der Waals surface area contributed by atoms with Crippen molar-refractivity contribution in [1.82, 2.24) is 4.90 Å². The van der Waals surface area contributed by atoms with E-state index < -0.39 is 17.1 Å². The Labute approximate surface area is 253 Å². The van der Waals surface area contributed by atoms with Gasteiger partial charge in [-0.1, -0.05) is 53.2 Å². The van der Waals surface area contributed by atoms with Crippen LogP contribution in [0.4, 0.5) is 0 Å². The second-order valence-corrected chi connectivity index (χ2v) is 14.5. The maximum Gasteiger partial charge on any atom is 0.334 e. The molecule has 40 heavy (non-hydrogen) atoms. The van der Waals surface area contributed by atoms with E-state index in [-0.39, 0.29) is 30.9 Å². The Kier molecular flexibility index (Phi) is 11.5. The van der Waals surface area contributed by atoms with Crippen LogP contribution in [-0.2, 0) is 16.0 Å². The molecule has 1 aromatic carbocycles. The van der Waals surface area contributed by atoms with Crippen molar-refractivity contribution in [2.24, 2.45) is 15.4 Å². The predicted molar refractivity (Wildman–Crippen MR) is 174 cm³/mol. The standard InChI is InChI=1S/C29H43N3O4S3.CH4/c1-8-9-10-12-18-13-11-14-21(35-6)22(18)24-30-19(15-37-24)25-32(5)20(16-38-25)23(33)28(2,3)26-31-29(4,17-39-26)27(34)36-7;/h11,13-14,19-20,23,25,33H,8-10,12,15-17H2,1-7H3;1H4. The number of carbonyl (C=O) groups excluding carboxylic acids is 1. The fourth-order valence-electron chi connectivity index (χ4n) is 5.51. The lowest BCUT2D eigenvalue weighted by Crippen LogP contribution is -2.51. The first-order chi connectivity index (χ1) is 18.6. The summed E-state index contributed by atoms with van der Waals surface area (Å²) in [7, 11) is 5.24. The summed E-state index contributed by atoms with van der Waals surface area (Å²) in [5.74, 6) is 2.83. The van der Waals surface area contributed by atoms with Crippen LogP contribution in [0.25, 0.3) is 0 Å². The lowest BCUT2D eigenvalue weighted by molar-refractivity contribution is -0.145. The van der Waals surface area contributed by atoms with Crippen molar-refractivity contribution < 1.29 is 19.4 Å². The first-order valence-corrected chi connectivity index (χ1v) is 16.8. The third-order valence-electron chi connectivity index (χ3n) is 8.08. The molecule has 3 aliphatic rings. The lowest BCUT2D eigenvalue weighted by Gasteiger charge is -2.38. The number of aliphatic hydroxyl groups excluding tert-OH is 1. The molecule has 224 valence electrons. The minimum absolute atomic E-state index is 0. The first-order valence-electron chi connectivity index (χ1n) is 13.8. The molecular weight excluding hydrogens is 563 g/mol. The molecule has 7 nitrogen and oxygen atoms in total. The molecule has 0 aliphatic carbocycles. The zero-order chi connectivity index (χ0) is 28.4. The van der Waals surface area contributed by atoms with Gasteiger partial charge in [0.15, 0.2) is 5.54 Å². The summed E-state index contributed by atoms with van der Waals surface area (Å²) in [4.78, 5) is 24.6. The Morgan fingerprint density at radius 1 is 1.25 bits per heavy atom. The van der Waals surface area contributed by atoms with Crippen LogP contribution >= 0.6 is 35.3 Å². The summed E-state index contributed by atoms with van der Waals surface area (Å²) in [6, 6.07) is 6.42. The molecule has 1 N–H and O–H groups in total. The van der Waals surface area contributed by atoms with E-state index in [0.717, 1.165) is 45.7 Å². The fraction of sp³-hybridized carbons (Fsp3) is 0.700. The number of ether oxygens (including phenoxy) is 2. The summed E-state index contributed by atoms with van der Waals surface area (Å²) in [6.07, 6.45) is 3.97. The molecule has 0 bridgehead atoms. The highest BCUT2D eigenvalue weighted by Gasteiger charge is 2.50. The van der Waals surface area contributed by atoms with Crippen LogP contribution in [0, 0.1) is 5.41 Å². The highest BCUT2D eigenvalue weighted by atomic mass is 32.2. The Morgan fingerprint density at radius 3 is 2.67 bits per heavy atom. The van der Waals surface area contributed by atoms with E-state index >= 15 is 0 Å². The van der Waals surface area contributed by atoms with E-state index in [0.29, 0.717) is 5.75 Å². The average Bonchev–Trinajstić information content (AvgIpc) is 3.66. The third-order valence-corrected chi connectivity index (χ3v) is 12.3. The van der Waals surface area contributed by atoms with Crippen molar-refractivity contribution in [2.75, 3.05) is 38.5 Å². The van der Waals surface area contributed by atoms with Crippen molar-refractivity contribution in [1.29, 1.82) is 0 Å². The maximum absolute atomic E-state index is 12.3. The molecule has 1 fully saturated rings. The monoisotopic (exact) mass is 609 g/mol. The minimum atomic E-state index is -0.898. The minimum Gasteiger partial charge on any atom is -0.496 e. The number of carbonyl (C=O) groups is 1. The van der Waals surface area contributed by atoms with Gasteiger partial charge in [-0.25, -0.2) is 4.79 Å². The molecule has 0 aromatic heterocycles. The van der Waals surface area contributed by atoms with E-state index in [9.17, 15) is 9.90 Å². The first kappa shape index (κ1) is 33.3. The molecule has 10 heteroatoms. The summed E-state index contributed by atoms with van der Waals surface area (Å²) >= 11 is 5.24. The number of benzene rings is 1. The van der Waals surface area contributed by atoms with E-state index in [1.807, 2.05) is 43.4 Å². The lowest BCUT2D eigenvalue weighted by atomic mass is 9.83. The van der Waals surface area contributed by atoms with Gasteiger partial charge in [-0.3, -0.25) is 14.9 Å². The van der Waals surface area contributed by atoms with Gasteiger partial charge in [0.25, 0.3) is 0 Å². The quantitative estimate of drug-likeness (QED) is 0.250. The number of aliphatic hydroxyl groups is 1.